The Morgan fingerprint density at radius 2 is 2.00 bits per heavy atom. The minimum absolute atomic E-state index is 0.0286. The van der Waals surface area contributed by atoms with Crippen molar-refractivity contribution >= 4 is 29.2 Å². The van der Waals surface area contributed by atoms with Crippen molar-refractivity contribution in [1.82, 2.24) is 14.1 Å². The zero-order valence-electron chi connectivity index (χ0n) is 16.7. The Bertz CT molecular complexity index is 897. The van der Waals surface area contributed by atoms with Crippen molar-refractivity contribution in [2.75, 3.05) is 38.2 Å². The number of aromatic nitrogens is 2. The zero-order chi connectivity index (χ0) is 20.9. The van der Waals surface area contributed by atoms with Crippen LogP contribution in [0.5, 0.6) is 0 Å². The quantitative estimate of drug-likeness (QED) is 0.662. The lowest BCUT2D eigenvalue weighted by molar-refractivity contribution is 0.0595. The Kier molecular flexibility index (Phi) is 7.30. The van der Waals surface area contributed by atoms with Gasteiger partial charge in [0, 0.05) is 31.1 Å². The highest BCUT2D eigenvalue weighted by molar-refractivity contribution is 7.97. The van der Waals surface area contributed by atoms with E-state index in [1.807, 2.05) is 0 Å². The Balaban J connectivity index is 1.33. The van der Waals surface area contributed by atoms with E-state index in [-0.39, 0.29) is 22.4 Å². The standard InChI is InChI=1S/C21H26ClFN4O2S/c22-20-19(24-12-15-2-1-11-29-14-15)13-25-27(21(20)28)17-7-9-26(10-8-17)30-18-5-3-16(23)4-6-18/h3-6,13,15,17,24H,1-2,7-12,14H2/t15-/m0/s1. The zero-order valence-corrected chi connectivity index (χ0v) is 18.3. The van der Waals surface area contributed by atoms with E-state index in [0.29, 0.717) is 11.6 Å². The molecule has 2 aliphatic heterocycles. The van der Waals surface area contributed by atoms with Crippen molar-refractivity contribution in [3.63, 3.8) is 0 Å². The maximum absolute atomic E-state index is 13.1. The van der Waals surface area contributed by atoms with Gasteiger partial charge < -0.3 is 10.1 Å². The first-order valence-electron chi connectivity index (χ1n) is 10.4. The third kappa shape index (κ3) is 5.35. The van der Waals surface area contributed by atoms with Crippen molar-refractivity contribution in [2.24, 2.45) is 5.92 Å². The van der Waals surface area contributed by atoms with Crippen LogP contribution in [0.25, 0.3) is 0 Å². The molecule has 2 aromatic rings. The lowest BCUT2D eigenvalue weighted by Crippen LogP contribution is -2.36. The van der Waals surface area contributed by atoms with E-state index < -0.39 is 0 Å². The van der Waals surface area contributed by atoms with Gasteiger partial charge in [-0.1, -0.05) is 11.6 Å². The van der Waals surface area contributed by atoms with Crippen molar-refractivity contribution in [3.05, 3.63) is 51.7 Å². The fourth-order valence-electron chi connectivity index (χ4n) is 3.87. The van der Waals surface area contributed by atoms with E-state index >= 15 is 0 Å². The van der Waals surface area contributed by atoms with E-state index in [0.717, 1.165) is 63.4 Å². The van der Waals surface area contributed by atoms with E-state index in [2.05, 4.69) is 14.7 Å². The number of nitrogens with zero attached hydrogens (tertiary/aromatic N) is 3. The second-order valence-electron chi connectivity index (χ2n) is 7.79. The first-order chi connectivity index (χ1) is 14.6. The van der Waals surface area contributed by atoms with Crippen LogP contribution in [0.15, 0.2) is 40.2 Å². The highest BCUT2D eigenvalue weighted by Gasteiger charge is 2.24. The van der Waals surface area contributed by atoms with Crippen molar-refractivity contribution < 1.29 is 9.13 Å². The van der Waals surface area contributed by atoms with Crippen molar-refractivity contribution in [2.45, 2.75) is 36.6 Å². The maximum Gasteiger partial charge on any atom is 0.287 e. The van der Waals surface area contributed by atoms with Crippen LogP contribution in [0.1, 0.15) is 31.7 Å². The minimum atomic E-state index is -0.244. The molecular weight excluding hydrogens is 427 g/mol. The van der Waals surface area contributed by atoms with Crippen LogP contribution in [0, 0.1) is 11.7 Å². The molecule has 4 rings (SSSR count). The molecule has 162 valence electrons. The second-order valence-corrected chi connectivity index (χ2v) is 9.34. The van der Waals surface area contributed by atoms with Gasteiger partial charge in [-0.15, -0.1) is 0 Å². The molecule has 30 heavy (non-hydrogen) atoms. The van der Waals surface area contributed by atoms with Crippen LogP contribution >= 0.6 is 23.5 Å². The summed E-state index contributed by atoms with van der Waals surface area (Å²) < 4.78 is 22.3. The van der Waals surface area contributed by atoms with E-state index in [4.69, 9.17) is 16.3 Å². The Morgan fingerprint density at radius 3 is 2.70 bits per heavy atom. The molecule has 0 bridgehead atoms. The van der Waals surface area contributed by atoms with Crippen LogP contribution in [0.4, 0.5) is 10.1 Å². The highest BCUT2D eigenvalue weighted by atomic mass is 35.5. The molecule has 1 aromatic carbocycles. The van der Waals surface area contributed by atoms with Gasteiger partial charge in [0.05, 0.1) is 24.5 Å². The van der Waals surface area contributed by atoms with Gasteiger partial charge in [0.15, 0.2) is 0 Å². The third-order valence-electron chi connectivity index (χ3n) is 5.60. The van der Waals surface area contributed by atoms with Gasteiger partial charge in [-0.3, -0.25) is 4.79 Å². The van der Waals surface area contributed by atoms with Crippen LogP contribution in [-0.4, -0.2) is 46.9 Å². The molecule has 1 atom stereocenters. The van der Waals surface area contributed by atoms with E-state index in [9.17, 15) is 9.18 Å². The van der Waals surface area contributed by atoms with Crippen LogP contribution in [-0.2, 0) is 4.74 Å². The molecule has 3 heterocycles. The van der Waals surface area contributed by atoms with Gasteiger partial charge in [0.25, 0.3) is 5.56 Å². The molecular formula is C21H26ClFN4O2S. The Hall–Kier alpha value is -1.61. The highest BCUT2D eigenvalue weighted by Crippen LogP contribution is 2.30. The molecule has 0 aliphatic carbocycles. The number of hydrogen-bond donors (Lipinski definition) is 1. The SMILES string of the molecule is O=c1c(Cl)c(NC[C@@H]2CCCOC2)cnn1C1CCN(Sc2ccc(F)cc2)CC1. The number of ether oxygens (including phenoxy) is 1. The molecule has 0 spiro atoms. The van der Waals surface area contributed by atoms with Crippen molar-refractivity contribution in [3.8, 4) is 0 Å². The predicted octanol–water partition coefficient (Wildman–Crippen LogP) is 4.22. The fraction of sp³-hybridized carbons (Fsp3) is 0.524. The fourth-order valence-corrected chi connectivity index (χ4v) is 5.02. The number of hydrogen-bond acceptors (Lipinski definition) is 6. The molecule has 0 amide bonds. The molecule has 2 aliphatic rings. The third-order valence-corrected chi connectivity index (χ3v) is 7.07. The lowest BCUT2D eigenvalue weighted by Gasteiger charge is -2.31. The minimum Gasteiger partial charge on any atom is -0.382 e. The average Bonchev–Trinajstić information content (AvgIpc) is 2.78. The molecule has 0 unspecified atom stereocenters. The summed E-state index contributed by atoms with van der Waals surface area (Å²) in [4.78, 5) is 13.8. The summed E-state index contributed by atoms with van der Waals surface area (Å²) in [5, 5.41) is 7.87. The van der Waals surface area contributed by atoms with E-state index in [1.54, 1.807) is 30.3 Å². The molecule has 9 heteroatoms. The monoisotopic (exact) mass is 452 g/mol. The van der Waals surface area contributed by atoms with Gasteiger partial charge in [0.2, 0.25) is 0 Å². The van der Waals surface area contributed by atoms with Crippen LogP contribution < -0.4 is 10.9 Å². The maximum atomic E-state index is 13.1. The summed E-state index contributed by atoms with van der Waals surface area (Å²) in [7, 11) is 0. The number of nitrogens with one attached hydrogen (secondary N) is 1. The number of rotatable bonds is 6. The van der Waals surface area contributed by atoms with Gasteiger partial charge in [-0.05, 0) is 67.8 Å². The van der Waals surface area contributed by atoms with Gasteiger partial charge in [0.1, 0.15) is 10.8 Å². The van der Waals surface area contributed by atoms with Gasteiger partial charge in [-0.2, -0.15) is 5.10 Å². The van der Waals surface area contributed by atoms with Gasteiger partial charge in [-0.25, -0.2) is 13.4 Å². The summed E-state index contributed by atoms with van der Waals surface area (Å²) in [6, 6.07) is 6.53. The Morgan fingerprint density at radius 1 is 1.23 bits per heavy atom. The van der Waals surface area contributed by atoms with Crippen LogP contribution in [0.3, 0.4) is 0 Å². The van der Waals surface area contributed by atoms with Gasteiger partial charge >= 0.3 is 0 Å². The molecule has 0 saturated carbocycles. The number of benzene rings is 1. The molecule has 6 nitrogen and oxygen atoms in total. The second kappa shape index (κ2) is 10.1. The summed E-state index contributed by atoms with van der Waals surface area (Å²) in [5.41, 5.74) is 0.346. The molecule has 2 fully saturated rings. The van der Waals surface area contributed by atoms with Crippen LogP contribution in [0.2, 0.25) is 5.02 Å². The molecule has 0 radical (unpaired) electrons. The first-order valence-corrected chi connectivity index (χ1v) is 11.5. The lowest BCUT2D eigenvalue weighted by atomic mass is 10.0. The summed E-state index contributed by atoms with van der Waals surface area (Å²) in [6.07, 6.45) is 5.46. The number of piperidine rings is 1. The normalized spacial score (nSPS) is 20.9. The van der Waals surface area contributed by atoms with E-state index in [1.165, 1.54) is 16.8 Å². The predicted molar refractivity (Wildman–Crippen MR) is 118 cm³/mol. The molecule has 1 aromatic heterocycles. The smallest absolute Gasteiger partial charge is 0.287 e. The topological polar surface area (TPSA) is 59.4 Å². The summed E-state index contributed by atoms with van der Waals surface area (Å²) in [6.45, 7) is 3.93. The molecule has 1 N–H and O–H groups in total. The first kappa shape index (κ1) is 21.6. The number of halogens is 2. The molecule has 2 saturated heterocycles. The largest absolute Gasteiger partial charge is 0.382 e. The van der Waals surface area contributed by atoms with Crippen molar-refractivity contribution in [1.29, 1.82) is 0 Å². The summed E-state index contributed by atoms with van der Waals surface area (Å²) in [5.74, 6) is 0.200. The summed E-state index contributed by atoms with van der Waals surface area (Å²) >= 11 is 7.98. The Labute approximate surface area is 184 Å². The number of anilines is 1. The average molecular weight is 453 g/mol.